The molecule has 0 spiro atoms. The van der Waals surface area contributed by atoms with Crippen molar-refractivity contribution in [3.05, 3.63) is 133 Å². The summed E-state index contributed by atoms with van der Waals surface area (Å²) in [5.74, 6) is 3.00. The largest absolute Gasteiger partial charge is 0.516 e. The Balaban J connectivity index is 0.00000361. The van der Waals surface area contributed by atoms with Crippen LogP contribution in [0.25, 0.3) is 72.5 Å². The molecule has 4 aromatic carbocycles. The maximum atomic E-state index is 5.89. The second-order valence-corrected chi connectivity index (χ2v) is 12.2. The van der Waals surface area contributed by atoms with Crippen molar-refractivity contribution in [1.29, 1.82) is 0 Å². The number of benzene rings is 4. The molecule has 5 heterocycles. The van der Waals surface area contributed by atoms with Crippen molar-refractivity contribution in [2.75, 3.05) is 7.11 Å². The monoisotopic (exact) mass is 744 g/mol. The molecule has 0 aliphatic rings. The van der Waals surface area contributed by atoms with E-state index in [9.17, 15) is 0 Å². The van der Waals surface area contributed by atoms with Crippen LogP contribution in [0.3, 0.4) is 0 Å². The Hall–Kier alpha value is -5.62. The molecular weight excluding hydrogens is 713 g/mol. The van der Waals surface area contributed by atoms with Gasteiger partial charge < -0.3 is 9.30 Å². The van der Waals surface area contributed by atoms with Gasteiger partial charge in [-0.3, -0.25) is 9.55 Å². The average Bonchev–Trinajstić information content (AvgIpc) is 3.81. The van der Waals surface area contributed by atoms with Gasteiger partial charge in [0.2, 0.25) is 0 Å². The van der Waals surface area contributed by atoms with E-state index >= 15 is 0 Å². The molecule has 0 saturated heterocycles. The van der Waals surface area contributed by atoms with Crippen LogP contribution in [0.2, 0.25) is 0 Å². The minimum absolute atomic E-state index is 0. The number of pyridine rings is 2. The first-order valence-corrected chi connectivity index (χ1v) is 16.5. The van der Waals surface area contributed by atoms with Crippen LogP contribution in [0.4, 0.5) is 0 Å². The molecule has 9 rings (SSSR count). The van der Waals surface area contributed by atoms with Gasteiger partial charge in [0.15, 0.2) is 0 Å². The molecule has 0 aliphatic heterocycles. The van der Waals surface area contributed by atoms with Crippen LogP contribution in [0.1, 0.15) is 24.7 Å². The number of methoxy groups -OCH3 is 1. The normalized spacial score (nSPS) is 11.5. The summed E-state index contributed by atoms with van der Waals surface area (Å²) in [7, 11) is 1.68. The molecule has 0 unspecified atom stereocenters. The third kappa shape index (κ3) is 5.01. The Morgan fingerprint density at radius 3 is 2.10 bits per heavy atom. The maximum Gasteiger partial charge on any atom is 0.149 e. The van der Waals surface area contributed by atoms with Crippen molar-refractivity contribution < 1.29 is 25.2 Å². The number of hydrogen-bond acceptors (Lipinski definition) is 5. The molecule has 0 N–H and O–H groups in total. The number of fused-ring (bicyclic) bond motifs is 6. The summed E-state index contributed by atoms with van der Waals surface area (Å²) < 4.78 is 12.2. The zero-order valence-corrected chi connectivity index (χ0v) is 29.3. The zero-order chi connectivity index (χ0) is 33.1. The molecule has 5 aromatic heterocycles. The first-order chi connectivity index (χ1) is 24.1. The molecule has 50 heavy (non-hydrogen) atoms. The van der Waals surface area contributed by atoms with E-state index in [4.69, 9.17) is 24.8 Å². The van der Waals surface area contributed by atoms with Gasteiger partial charge in [-0.25, -0.2) is 14.6 Å². The smallest absolute Gasteiger partial charge is 0.149 e. The summed E-state index contributed by atoms with van der Waals surface area (Å²) in [5.41, 5.74) is 7.42. The number of aromatic nitrogens is 7. The van der Waals surface area contributed by atoms with Crippen LogP contribution >= 0.6 is 0 Å². The van der Waals surface area contributed by atoms with Crippen LogP contribution in [-0.2, 0) is 26.8 Å². The number of ether oxygens (including phenoxy) is 1. The third-order valence-corrected chi connectivity index (χ3v) is 9.19. The molecule has 9 heteroatoms. The van der Waals surface area contributed by atoms with Crippen molar-refractivity contribution in [3.8, 4) is 34.3 Å². The maximum absolute atomic E-state index is 5.89. The first-order valence-electron chi connectivity index (χ1n) is 16.5. The van der Waals surface area contributed by atoms with Crippen LogP contribution in [0.15, 0.2) is 115 Å². The van der Waals surface area contributed by atoms with Gasteiger partial charge in [-0.05, 0) is 61.0 Å². The summed E-state index contributed by atoms with van der Waals surface area (Å²) in [4.78, 5) is 15.2. The minimum Gasteiger partial charge on any atom is -0.516 e. The van der Waals surface area contributed by atoms with E-state index in [-0.39, 0.29) is 20.4 Å². The van der Waals surface area contributed by atoms with Crippen molar-refractivity contribution in [1.82, 2.24) is 33.9 Å². The van der Waals surface area contributed by atoms with Gasteiger partial charge in [-0.2, -0.15) is 5.10 Å². The Labute approximate surface area is 302 Å². The molecule has 0 amide bonds. The molecule has 8 nitrogen and oxygen atoms in total. The first kappa shape index (κ1) is 31.6. The van der Waals surface area contributed by atoms with Crippen LogP contribution in [0.5, 0.6) is 5.75 Å². The molecule has 0 fully saturated rings. The quantitative estimate of drug-likeness (QED) is 0.120. The van der Waals surface area contributed by atoms with Gasteiger partial charge in [-0.1, -0.05) is 85.3 Å². The van der Waals surface area contributed by atoms with E-state index in [1.807, 2.05) is 53.3 Å². The fraction of sp³-hybridized carbons (Fsp3) is 0.122. The molecule has 248 valence electrons. The van der Waals surface area contributed by atoms with E-state index in [0.29, 0.717) is 11.6 Å². The summed E-state index contributed by atoms with van der Waals surface area (Å²) in [5, 5.41) is 9.40. The molecule has 0 bridgehead atoms. The number of aryl methyl sites for hydroxylation is 2. The molecule has 0 aliphatic carbocycles. The van der Waals surface area contributed by atoms with Gasteiger partial charge in [-0.15, -0.1) is 6.07 Å². The van der Waals surface area contributed by atoms with Gasteiger partial charge >= 0.3 is 0 Å². The molecule has 0 radical (unpaired) electrons. The van der Waals surface area contributed by atoms with Gasteiger partial charge in [0.25, 0.3) is 0 Å². The Kier molecular flexibility index (Phi) is 8.03. The number of hydrogen-bond donors (Lipinski definition) is 0. The van der Waals surface area contributed by atoms with E-state index in [0.717, 1.165) is 90.9 Å². The zero-order valence-electron chi connectivity index (χ0n) is 27.7. The second kappa shape index (κ2) is 12.7. The van der Waals surface area contributed by atoms with Gasteiger partial charge in [0.05, 0.1) is 29.7 Å². The minimum atomic E-state index is 0. The van der Waals surface area contributed by atoms with E-state index < -0.39 is 0 Å². The fourth-order valence-corrected chi connectivity index (χ4v) is 6.94. The topological polar surface area (TPSA) is 75.6 Å². The second-order valence-electron chi connectivity index (χ2n) is 12.2. The predicted molar refractivity (Wildman–Crippen MR) is 195 cm³/mol. The van der Waals surface area contributed by atoms with Crippen LogP contribution < -0.4 is 4.74 Å². The van der Waals surface area contributed by atoms with E-state index in [2.05, 4.69) is 95.8 Å². The Morgan fingerprint density at radius 1 is 0.720 bits per heavy atom. The van der Waals surface area contributed by atoms with Crippen LogP contribution in [-0.4, -0.2) is 41.0 Å². The summed E-state index contributed by atoms with van der Waals surface area (Å²) in [6, 6.07) is 41.0. The standard InChI is InChI=1S/C41H32N7O.Pd/c1-4-13-38-43-39(45-48(38)34-17-8-5-14-26(34)2)27-22-28(24-29(23-27)49-3)46-35-18-9-6-15-30(35)32-25-33-31-16-7-10-19-36(31)47(41(33)44-40(32)46)37-20-11-12-21-42-37;/h5-12,14-21,23-25H,4,13H2,1-3H3;/q-1;. The summed E-state index contributed by atoms with van der Waals surface area (Å²) in [6.45, 7) is 4.26. The average molecular weight is 745 g/mol. The fourth-order valence-electron chi connectivity index (χ4n) is 6.94. The third-order valence-electron chi connectivity index (χ3n) is 9.19. The van der Waals surface area contributed by atoms with Gasteiger partial charge in [0.1, 0.15) is 22.9 Å². The number of nitrogens with zero attached hydrogens (tertiary/aromatic N) is 7. The summed E-state index contributed by atoms with van der Waals surface area (Å²) in [6.07, 6.45) is 3.57. The summed E-state index contributed by atoms with van der Waals surface area (Å²) >= 11 is 0. The van der Waals surface area contributed by atoms with Crippen molar-refractivity contribution in [3.63, 3.8) is 0 Å². The van der Waals surface area contributed by atoms with Crippen LogP contribution in [0, 0.1) is 13.0 Å². The Bertz CT molecular complexity index is 2690. The predicted octanol–water partition coefficient (Wildman–Crippen LogP) is 8.99. The molecule has 0 atom stereocenters. The van der Waals surface area contributed by atoms with Gasteiger partial charge in [0, 0.05) is 60.3 Å². The number of rotatable bonds is 7. The Morgan fingerprint density at radius 2 is 1.40 bits per heavy atom. The van der Waals surface area contributed by atoms with Crippen molar-refractivity contribution in [2.24, 2.45) is 0 Å². The van der Waals surface area contributed by atoms with Crippen molar-refractivity contribution in [2.45, 2.75) is 26.7 Å². The molecule has 9 aromatic rings. The molecular formula is C41H32N7OPd-. The van der Waals surface area contributed by atoms with Crippen molar-refractivity contribution >= 4 is 43.9 Å². The molecule has 0 saturated carbocycles. The van der Waals surface area contributed by atoms with E-state index in [1.165, 1.54) is 0 Å². The SMILES string of the molecule is CCCc1nc(-c2[c-]c(-n3c4ccccc4c4cc5c6ccccc6n(-c6ccccn6)c5nc43)cc(OC)c2)nn1-c1ccccc1C.[Pd]. The number of para-hydroxylation sites is 3. The van der Waals surface area contributed by atoms with E-state index in [1.54, 1.807) is 7.11 Å².